The number of piperidine rings is 1. The van der Waals surface area contributed by atoms with Crippen molar-refractivity contribution in [3.05, 3.63) is 0 Å². The van der Waals surface area contributed by atoms with Crippen LogP contribution in [0.2, 0.25) is 0 Å². The maximum absolute atomic E-state index is 12.5. The summed E-state index contributed by atoms with van der Waals surface area (Å²) in [6.45, 7) is 8.50. The number of nitrogens with one attached hydrogen (secondary N) is 1. The van der Waals surface area contributed by atoms with Crippen LogP contribution in [-0.2, 0) is 4.74 Å². The number of amides is 1. The van der Waals surface area contributed by atoms with E-state index in [9.17, 15) is 4.79 Å². The number of carbonyl (C=O) groups is 1. The lowest BCUT2D eigenvalue weighted by molar-refractivity contribution is 0.00953. The first-order valence-electron chi connectivity index (χ1n) is 9.61. The zero-order valence-corrected chi connectivity index (χ0v) is 16.4. The monoisotopic (exact) mass is 339 g/mol. The van der Waals surface area contributed by atoms with Crippen LogP contribution in [0.25, 0.3) is 0 Å². The van der Waals surface area contributed by atoms with Crippen LogP contribution in [0.1, 0.15) is 65.7 Å². The number of nitrogens with zero attached hydrogens (tertiary/aromatic N) is 2. The van der Waals surface area contributed by atoms with Crippen molar-refractivity contribution in [1.29, 1.82) is 0 Å². The van der Waals surface area contributed by atoms with Gasteiger partial charge in [0.2, 0.25) is 0 Å². The van der Waals surface area contributed by atoms with E-state index in [0.717, 1.165) is 32.5 Å². The van der Waals surface area contributed by atoms with Gasteiger partial charge in [0.1, 0.15) is 5.60 Å². The van der Waals surface area contributed by atoms with Gasteiger partial charge in [0.15, 0.2) is 0 Å². The number of rotatable bonds is 5. The minimum atomic E-state index is -0.425. The zero-order chi connectivity index (χ0) is 17.8. The molecule has 1 heterocycles. The fourth-order valence-electron chi connectivity index (χ4n) is 4.06. The second-order valence-electron chi connectivity index (χ2n) is 8.78. The number of likely N-dealkylation sites (tertiary alicyclic amines) is 1. The highest BCUT2D eigenvalue weighted by molar-refractivity contribution is 5.68. The van der Waals surface area contributed by atoms with E-state index >= 15 is 0 Å². The molecule has 0 aromatic rings. The average Bonchev–Trinajstić information content (AvgIpc) is 2.96. The van der Waals surface area contributed by atoms with E-state index < -0.39 is 5.60 Å². The van der Waals surface area contributed by atoms with Crippen molar-refractivity contribution in [2.75, 3.05) is 33.7 Å². The molecule has 0 bridgehead atoms. The van der Waals surface area contributed by atoms with Crippen molar-refractivity contribution in [2.24, 2.45) is 0 Å². The molecule has 1 saturated carbocycles. The Morgan fingerprint density at radius 1 is 1.21 bits per heavy atom. The zero-order valence-electron chi connectivity index (χ0n) is 16.4. The van der Waals surface area contributed by atoms with Gasteiger partial charge in [-0.05, 0) is 67.0 Å². The summed E-state index contributed by atoms with van der Waals surface area (Å²) in [6, 6.07) is 0.259. The highest BCUT2D eigenvalue weighted by Crippen LogP contribution is 2.33. The minimum Gasteiger partial charge on any atom is -0.444 e. The molecule has 0 spiro atoms. The van der Waals surface area contributed by atoms with Crippen molar-refractivity contribution in [3.8, 4) is 0 Å². The van der Waals surface area contributed by atoms with Crippen LogP contribution in [-0.4, -0.2) is 66.8 Å². The second-order valence-corrected chi connectivity index (χ2v) is 8.78. The highest BCUT2D eigenvalue weighted by atomic mass is 16.6. The number of hydrogen-bond acceptors (Lipinski definition) is 4. The largest absolute Gasteiger partial charge is 0.444 e. The van der Waals surface area contributed by atoms with Gasteiger partial charge in [0.25, 0.3) is 0 Å². The van der Waals surface area contributed by atoms with E-state index in [0.29, 0.717) is 5.54 Å². The lowest BCUT2D eigenvalue weighted by Crippen LogP contribution is -2.54. The van der Waals surface area contributed by atoms with E-state index in [-0.39, 0.29) is 12.1 Å². The molecule has 1 N–H and O–H groups in total. The fourth-order valence-corrected chi connectivity index (χ4v) is 4.06. The Bertz CT molecular complexity index is 411. The first-order chi connectivity index (χ1) is 11.2. The summed E-state index contributed by atoms with van der Waals surface area (Å²) in [5.41, 5.74) is -0.128. The molecule has 24 heavy (non-hydrogen) atoms. The van der Waals surface area contributed by atoms with Crippen LogP contribution in [0.4, 0.5) is 4.79 Å². The van der Waals surface area contributed by atoms with Crippen LogP contribution in [0.15, 0.2) is 0 Å². The van der Waals surface area contributed by atoms with Crippen LogP contribution in [0.5, 0.6) is 0 Å². The molecular formula is C19H37N3O2. The molecule has 2 fully saturated rings. The van der Waals surface area contributed by atoms with Gasteiger partial charge >= 0.3 is 6.09 Å². The van der Waals surface area contributed by atoms with Crippen molar-refractivity contribution in [1.82, 2.24) is 15.1 Å². The standard InChI is InChI=1S/C19H37N3O2/c1-18(2,3)24-17(23)22-13-9-6-10-16(22)14-20-15-19(21(4)5)11-7-8-12-19/h16,20H,6-15H2,1-5H3. The molecule has 140 valence electrons. The molecule has 5 heteroatoms. The average molecular weight is 340 g/mol. The molecular weight excluding hydrogens is 302 g/mol. The summed E-state index contributed by atoms with van der Waals surface area (Å²) in [4.78, 5) is 16.8. The molecule has 2 rings (SSSR count). The Kier molecular flexibility index (Phi) is 6.54. The Labute approximate surface area is 148 Å². The van der Waals surface area contributed by atoms with Crippen LogP contribution in [0, 0.1) is 0 Å². The first-order valence-corrected chi connectivity index (χ1v) is 9.61. The Morgan fingerprint density at radius 3 is 2.46 bits per heavy atom. The van der Waals surface area contributed by atoms with Gasteiger partial charge in [-0.1, -0.05) is 12.8 Å². The Balaban J connectivity index is 1.88. The van der Waals surface area contributed by atoms with Crippen molar-refractivity contribution in [2.45, 2.75) is 82.9 Å². The van der Waals surface area contributed by atoms with Gasteiger partial charge in [-0.2, -0.15) is 0 Å². The molecule has 1 atom stereocenters. The van der Waals surface area contributed by atoms with Gasteiger partial charge in [-0.25, -0.2) is 4.79 Å². The number of likely N-dealkylation sites (N-methyl/N-ethyl adjacent to an activating group) is 1. The molecule has 1 amide bonds. The maximum Gasteiger partial charge on any atom is 0.410 e. The number of carbonyl (C=O) groups excluding carboxylic acids is 1. The summed E-state index contributed by atoms with van der Waals surface area (Å²) >= 11 is 0. The molecule has 2 aliphatic rings. The van der Waals surface area contributed by atoms with Crippen molar-refractivity contribution < 1.29 is 9.53 Å². The molecule has 1 unspecified atom stereocenters. The van der Waals surface area contributed by atoms with Crippen LogP contribution < -0.4 is 5.32 Å². The van der Waals surface area contributed by atoms with E-state index in [1.165, 1.54) is 32.1 Å². The topological polar surface area (TPSA) is 44.8 Å². The van der Waals surface area contributed by atoms with Gasteiger partial charge in [-0.15, -0.1) is 0 Å². The summed E-state index contributed by atoms with van der Waals surface area (Å²) < 4.78 is 5.60. The fraction of sp³-hybridized carbons (Fsp3) is 0.947. The molecule has 1 aliphatic carbocycles. The van der Waals surface area contributed by atoms with E-state index in [2.05, 4.69) is 24.3 Å². The predicted molar refractivity (Wildman–Crippen MR) is 98.3 cm³/mol. The smallest absolute Gasteiger partial charge is 0.410 e. The predicted octanol–water partition coefficient (Wildman–Crippen LogP) is 3.24. The van der Waals surface area contributed by atoms with E-state index in [4.69, 9.17) is 4.74 Å². The van der Waals surface area contributed by atoms with Crippen molar-refractivity contribution in [3.63, 3.8) is 0 Å². The third kappa shape index (κ3) is 5.09. The highest BCUT2D eigenvalue weighted by Gasteiger charge is 2.36. The van der Waals surface area contributed by atoms with Crippen LogP contribution >= 0.6 is 0 Å². The summed E-state index contributed by atoms with van der Waals surface area (Å²) in [5, 5.41) is 3.68. The molecule has 1 saturated heterocycles. The quantitative estimate of drug-likeness (QED) is 0.835. The molecule has 0 aromatic heterocycles. The van der Waals surface area contributed by atoms with Crippen LogP contribution in [0.3, 0.4) is 0 Å². The van der Waals surface area contributed by atoms with Crippen molar-refractivity contribution >= 4 is 6.09 Å². The second kappa shape index (κ2) is 8.05. The molecule has 5 nitrogen and oxygen atoms in total. The van der Waals surface area contributed by atoms with Gasteiger partial charge in [0, 0.05) is 31.2 Å². The third-order valence-corrected chi connectivity index (χ3v) is 5.57. The lowest BCUT2D eigenvalue weighted by Gasteiger charge is -2.39. The summed E-state index contributed by atoms with van der Waals surface area (Å²) in [6.07, 6.45) is 8.39. The van der Waals surface area contributed by atoms with Gasteiger partial charge in [-0.3, -0.25) is 0 Å². The number of ether oxygens (including phenoxy) is 1. The Morgan fingerprint density at radius 2 is 1.88 bits per heavy atom. The maximum atomic E-state index is 12.5. The van der Waals surface area contributed by atoms with E-state index in [1.807, 2.05) is 25.7 Å². The van der Waals surface area contributed by atoms with E-state index in [1.54, 1.807) is 0 Å². The molecule has 0 aromatic carbocycles. The Hall–Kier alpha value is -0.810. The van der Waals surface area contributed by atoms with Gasteiger partial charge < -0.3 is 19.9 Å². The molecule has 1 aliphatic heterocycles. The first kappa shape index (κ1) is 19.5. The summed E-state index contributed by atoms with van der Waals surface area (Å²) in [5.74, 6) is 0. The number of hydrogen-bond donors (Lipinski definition) is 1. The normalized spacial score (nSPS) is 24.4. The summed E-state index contributed by atoms with van der Waals surface area (Å²) in [7, 11) is 4.39. The SMILES string of the molecule is CN(C)C1(CNCC2CCCCN2C(=O)OC(C)(C)C)CCCC1. The minimum absolute atomic E-state index is 0.155. The molecule has 0 radical (unpaired) electrons. The lowest BCUT2D eigenvalue weighted by atomic mass is 9.95. The third-order valence-electron chi connectivity index (χ3n) is 5.57. The van der Waals surface area contributed by atoms with Gasteiger partial charge in [0.05, 0.1) is 0 Å².